The van der Waals surface area contributed by atoms with E-state index >= 15 is 0 Å². The average molecular weight is 628 g/mol. The van der Waals surface area contributed by atoms with Gasteiger partial charge in [0.05, 0.1) is 48.8 Å². The summed E-state index contributed by atoms with van der Waals surface area (Å²) < 4.78 is 12.8. The van der Waals surface area contributed by atoms with Crippen LogP contribution in [0.2, 0.25) is 5.02 Å². The van der Waals surface area contributed by atoms with Gasteiger partial charge in [0, 0.05) is 10.6 Å². The highest BCUT2D eigenvalue weighted by molar-refractivity contribution is 7.07. The highest BCUT2D eigenvalue weighted by Gasteiger charge is 2.38. The number of carbonyl (C=O) groups is 2. The molecule has 0 fully saturated rings. The molecule has 3 aromatic carbocycles. The van der Waals surface area contributed by atoms with E-state index in [1.807, 2.05) is 61.5 Å². The number of methoxy groups -OCH3 is 1. The van der Waals surface area contributed by atoms with Crippen LogP contribution in [-0.2, 0) is 20.9 Å². The summed E-state index contributed by atoms with van der Waals surface area (Å²) in [5.41, 5.74) is 3.78. The average Bonchev–Trinajstić information content (AvgIpc) is 3.49. The Balaban J connectivity index is 1.59. The highest BCUT2D eigenvalue weighted by atomic mass is 35.5. The number of thiazole rings is 1. The van der Waals surface area contributed by atoms with E-state index in [-0.39, 0.29) is 17.0 Å². The van der Waals surface area contributed by atoms with Gasteiger partial charge >= 0.3 is 5.97 Å². The van der Waals surface area contributed by atoms with E-state index < -0.39 is 17.6 Å². The minimum absolute atomic E-state index is 0.176. The summed E-state index contributed by atoms with van der Waals surface area (Å²) in [5, 5.41) is 0.610. The number of amides is 1. The number of aromatic nitrogens is 1. The number of hydrogen-bond acceptors (Lipinski definition) is 7. The van der Waals surface area contributed by atoms with Gasteiger partial charge < -0.3 is 14.4 Å². The third-order valence-corrected chi connectivity index (χ3v) is 8.99. The maximum atomic E-state index is 14.5. The maximum Gasteiger partial charge on any atom is 0.338 e. The van der Waals surface area contributed by atoms with Gasteiger partial charge in [-0.25, -0.2) is 9.79 Å². The zero-order valence-corrected chi connectivity index (χ0v) is 26.1. The van der Waals surface area contributed by atoms with Gasteiger partial charge in [-0.1, -0.05) is 78.7 Å². The number of carbonyl (C=O) groups excluding carboxylic acids is 2. The molecular formula is C34H30ClN3O5S. The zero-order chi connectivity index (χ0) is 31.0. The minimum atomic E-state index is -0.812. The predicted octanol–water partition coefficient (Wildman–Crippen LogP) is 5.16. The van der Waals surface area contributed by atoms with Gasteiger partial charge in [0.25, 0.3) is 11.5 Å². The molecule has 1 atom stereocenters. The molecule has 1 amide bonds. The molecule has 2 aliphatic rings. The third kappa shape index (κ3) is 5.16. The van der Waals surface area contributed by atoms with E-state index in [4.69, 9.17) is 26.1 Å². The smallest absolute Gasteiger partial charge is 0.338 e. The molecule has 0 aliphatic carbocycles. The maximum absolute atomic E-state index is 14.5. The van der Waals surface area contributed by atoms with Crippen LogP contribution in [0.1, 0.15) is 49.4 Å². The number of anilines is 1. The summed E-state index contributed by atoms with van der Waals surface area (Å²) >= 11 is 7.26. The largest absolute Gasteiger partial charge is 0.497 e. The van der Waals surface area contributed by atoms with Gasteiger partial charge in [-0.05, 0) is 54.8 Å². The number of esters is 1. The van der Waals surface area contributed by atoms with Gasteiger partial charge in [0.15, 0.2) is 4.80 Å². The Labute approximate surface area is 263 Å². The molecule has 224 valence electrons. The Hall–Kier alpha value is -4.47. The van der Waals surface area contributed by atoms with Crippen LogP contribution in [0.3, 0.4) is 0 Å². The van der Waals surface area contributed by atoms with Crippen molar-refractivity contribution in [3.05, 3.63) is 125 Å². The molecule has 4 aromatic rings. The van der Waals surface area contributed by atoms with Crippen LogP contribution >= 0.6 is 22.9 Å². The molecule has 44 heavy (non-hydrogen) atoms. The standard InChI is InChI=1S/C34H30ClN3O5S/c1-4-9-25-28(33(41)43-5-2)29(21-10-8-11-23(18-21)42-3)38-32(40)30(44-34(38)36-25)27-24-12-6-7-13-26(24)37(31(27)39)19-20-14-16-22(35)17-15-20/h6-8,10-18,29H,4-5,9,19H2,1-3H3/b30-27+/t29-/m1/s1. The molecule has 2 aliphatic heterocycles. The monoisotopic (exact) mass is 627 g/mol. The Bertz CT molecular complexity index is 1990. The number of para-hydroxylation sites is 1. The molecule has 10 heteroatoms. The van der Waals surface area contributed by atoms with Crippen molar-refractivity contribution in [1.29, 1.82) is 0 Å². The first-order valence-electron chi connectivity index (χ1n) is 14.4. The molecule has 1 aromatic heterocycles. The van der Waals surface area contributed by atoms with Crippen LogP contribution in [0.5, 0.6) is 5.75 Å². The number of halogens is 1. The summed E-state index contributed by atoms with van der Waals surface area (Å²) in [6.45, 7) is 4.24. The molecule has 0 radical (unpaired) electrons. The Morgan fingerprint density at radius 1 is 1.02 bits per heavy atom. The van der Waals surface area contributed by atoms with Crippen molar-refractivity contribution < 1.29 is 19.1 Å². The molecule has 8 nitrogen and oxygen atoms in total. The first-order chi connectivity index (χ1) is 21.4. The van der Waals surface area contributed by atoms with Crippen LogP contribution < -0.4 is 24.5 Å². The molecule has 0 N–H and O–H groups in total. The van der Waals surface area contributed by atoms with Crippen molar-refractivity contribution in [2.45, 2.75) is 39.3 Å². The summed E-state index contributed by atoms with van der Waals surface area (Å²) in [6, 6.07) is 21.3. The van der Waals surface area contributed by atoms with E-state index in [0.717, 1.165) is 17.7 Å². The number of nitrogens with zero attached hydrogens (tertiary/aromatic N) is 3. The van der Waals surface area contributed by atoms with Gasteiger partial charge in [0.2, 0.25) is 0 Å². The van der Waals surface area contributed by atoms with Crippen LogP contribution in [0.25, 0.3) is 5.57 Å². The Kier molecular flexibility index (Phi) is 8.25. The first-order valence-corrected chi connectivity index (χ1v) is 15.6. The van der Waals surface area contributed by atoms with Crippen LogP contribution in [-0.4, -0.2) is 30.2 Å². The fourth-order valence-corrected chi connectivity index (χ4v) is 6.96. The Morgan fingerprint density at radius 3 is 2.52 bits per heavy atom. The van der Waals surface area contributed by atoms with Gasteiger partial charge in [-0.3, -0.25) is 14.2 Å². The fraction of sp³-hybridized carbons (Fsp3) is 0.235. The molecule has 0 bridgehead atoms. The van der Waals surface area contributed by atoms with E-state index in [2.05, 4.69) is 0 Å². The molecule has 0 saturated heterocycles. The number of allylic oxidation sites excluding steroid dienone is 1. The molecule has 0 spiro atoms. The van der Waals surface area contributed by atoms with E-state index in [1.165, 1.54) is 15.9 Å². The molecule has 3 heterocycles. The summed E-state index contributed by atoms with van der Waals surface area (Å²) in [5.74, 6) is -0.216. The highest BCUT2D eigenvalue weighted by Crippen LogP contribution is 2.37. The number of benzene rings is 3. The van der Waals surface area contributed by atoms with E-state index in [1.54, 1.807) is 37.1 Å². The fourth-order valence-electron chi connectivity index (χ4n) is 5.73. The lowest BCUT2D eigenvalue weighted by Crippen LogP contribution is -2.41. The zero-order valence-electron chi connectivity index (χ0n) is 24.5. The van der Waals surface area contributed by atoms with Gasteiger partial charge in [-0.2, -0.15) is 0 Å². The van der Waals surface area contributed by atoms with Crippen molar-refractivity contribution in [2.24, 2.45) is 4.99 Å². The molecular weight excluding hydrogens is 598 g/mol. The number of ether oxygens (including phenoxy) is 2. The van der Waals surface area contributed by atoms with E-state index in [9.17, 15) is 14.4 Å². The summed E-state index contributed by atoms with van der Waals surface area (Å²) in [6.07, 6.45) is 1.25. The number of fused-ring (bicyclic) bond motifs is 2. The van der Waals surface area contributed by atoms with Crippen molar-refractivity contribution in [3.63, 3.8) is 0 Å². The van der Waals surface area contributed by atoms with E-state index in [0.29, 0.717) is 56.5 Å². The second kappa shape index (κ2) is 12.3. The van der Waals surface area contributed by atoms with Crippen LogP contribution in [0, 0.1) is 0 Å². The second-order valence-corrected chi connectivity index (χ2v) is 11.8. The third-order valence-electron chi connectivity index (χ3n) is 7.68. The molecule has 0 unspecified atom stereocenters. The normalized spacial score (nSPS) is 16.9. The predicted molar refractivity (Wildman–Crippen MR) is 171 cm³/mol. The molecule has 6 rings (SSSR count). The summed E-state index contributed by atoms with van der Waals surface area (Å²) in [4.78, 5) is 49.1. The second-order valence-electron chi connectivity index (χ2n) is 10.4. The van der Waals surface area contributed by atoms with Crippen molar-refractivity contribution >= 4 is 46.1 Å². The lowest BCUT2D eigenvalue weighted by atomic mass is 9.94. The van der Waals surface area contributed by atoms with Crippen LogP contribution in [0.15, 0.2) is 93.9 Å². The lowest BCUT2D eigenvalue weighted by Gasteiger charge is -2.26. The van der Waals surface area contributed by atoms with Gasteiger partial charge in [-0.15, -0.1) is 0 Å². The Morgan fingerprint density at radius 2 is 1.80 bits per heavy atom. The van der Waals surface area contributed by atoms with Crippen molar-refractivity contribution in [1.82, 2.24) is 4.57 Å². The summed E-state index contributed by atoms with van der Waals surface area (Å²) in [7, 11) is 1.57. The minimum Gasteiger partial charge on any atom is -0.497 e. The van der Waals surface area contributed by atoms with Gasteiger partial charge in [0.1, 0.15) is 10.3 Å². The van der Waals surface area contributed by atoms with Crippen molar-refractivity contribution in [3.8, 4) is 5.75 Å². The lowest BCUT2D eigenvalue weighted by molar-refractivity contribution is -0.139. The number of hydrogen-bond donors (Lipinski definition) is 0. The number of rotatable bonds is 8. The van der Waals surface area contributed by atoms with Crippen LogP contribution in [0.4, 0.5) is 5.69 Å². The first kappa shape index (κ1) is 29.6. The topological polar surface area (TPSA) is 90.2 Å². The van der Waals surface area contributed by atoms with Crippen molar-refractivity contribution in [2.75, 3.05) is 18.6 Å². The quantitative estimate of drug-likeness (QED) is 0.252. The SMILES string of the molecule is CCCC1=C(C(=O)OCC)[C@@H](c2cccc(OC)c2)n2c(s/c(=C3/C(=O)N(Cc4ccc(Cl)cc4)c4ccccc43)c2=O)=N1. The molecule has 0 saturated carbocycles.